The van der Waals surface area contributed by atoms with E-state index in [1.807, 2.05) is 6.92 Å². The van der Waals surface area contributed by atoms with Crippen LogP contribution >= 0.6 is 0 Å². The van der Waals surface area contributed by atoms with Crippen LogP contribution in [-0.4, -0.2) is 29.1 Å². The van der Waals surface area contributed by atoms with Gasteiger partial charge < -0.3 is 10.4 Å². The zero-order valence-corrected chi connectivity index (χ0v) is 11.4. The number of nitrogens with one attached hydrogen (secondary N) is 1. The van der Waals surface area contributed by atoms with Crippen LogP contribution in [0.15, 0.2) is 12.1 Å². The number of hydrogen-bond acceptors (Lipinski definition) is 4. The minimum atomic E-state index is -1.38. The minimum Gasteiger partial charge on any atom is -0.396 e. The molecule has 0 saturated heterocycles. The Morgan fingerprint density at radius 1 is 1.43 bits per heavy atom. The molecule has 8 heteroatoms. The van der Waals surface area contributed by atoms with Crippen LogP contribution < -0.4 is 5.32 Å². The Kier molecular flexibility index (Phi) is 6.16. The molecule has 2 N–H and O–H groups in total. The fourth-order valence-corrected chi connectivity index (χ4v) is 1.71. The molecule has 116 valence electrons. The highest BCUT2D eigenvalue weighted by molar-refractivity contribution is 5.98. The van der Waals surface area contributed by atoms with Crippen molar-refractivity contribution in [2.75, 3.05) is 13.2 Å². The van der Waals surface area contributed by atoms with Gasteiger partial charge in [-0.05, 0) is 24.8 Å². The molecule has 0 heterocycles. The standard InChI is InChI=1S/C13H16F2N2O4/c1-8(7-18)3-2-4-16-13(19)9-5-10(14)11(15)6-12(9)17(20)21/h5-6,8,18H,2-4,7H2,1H3,(H,16,19). The first-order valence-electron chi connectivity index (χ1n) is 6.39. The monoisotopic (exact) mass is 302 g/mol. The number of carbonyl (C=O) groups excluding carboxylic acids is 1. The molecule has 0 bridgehead atoms. The maximum atomic E-state index is 13.1. The number of aliphatic hydroxyl groups is 1. The van der Waals surface area contributed by atoms with Crippen LogP contribution in [0.2, 0.25) is 0 Å². The van der Waals surface area contributed by atoms with Crippen molar-refractivity contribution in [1.82, 2.24) is 5.32 Å². The Morgan fingerprint density at radius 2 is 2.05 bits per heavy atom. The van der Waals surface area contributed by atoms with E-state index in [9.17, 15) is 23.7 Å². The summed E-state index contributed by atoms with van der Waals surface area (Å²) < 4.78 is 26.1. The second-order valence-electron chi connectivity index (χ2n) is 4.73. The van der Waals surface area contributed by atoms with Gasteiger partial charge in [-0.2, -0.15) is 0 Å². The van der Waals surface area contributed by atoms with Crippen LogP contribution in [0.25, 0.3) is 0 Å². The molecule has 0 saturated carbocycles. The Hall–Kier alpha value is -2.09. The van der Waals surface area contributed by atoms with Gasteiger partial charge in [-0.1, -0.05) is 6.92 Å². The molecule has 0 aliphatic carbocycles. The molecular formula is C13H16F2N2O4. The molecule has 1 unspecified atom stereocenters. The van der Waals surface area contributed by atoms with Gasteiger partial charge in [0.25, 0.3) is 11.6 Å². The zero-order chi connectivity index (χ0) is 16.0. The molecule has 0 radical (unpaired) electrons. The molecule has 1 atom stereocenters. The molecule has 0 fully saturated rings. The SMILES string of the molecule is CC(CO)CCCNC(=O)c1cc(F)c(F)cc1[N+](=O)[O-]. The van der Waals surface area contributed by atoms with E-state index in [0.717, 1.165) is 0 Å². The molecular weight excluding hydrogens is 286 g/mol. The average molecular weight is 302 g/mol. The third kappa shape index (κ3) is 4.75. The second kappa shape index (κ2) is 7.63. The van der Waals surface area contributed by atoms with Gasteiger partial charge in [0.2, 0.25) is 0 Å². The maximum Gasteiger partial charge on any atom is 0.285 e. The van der Waals surface area contributed by atoms with Gasteiger partial charge in [-0.25, -0.2) is 8.78 Å². The second-order valence-corrected chi connectivity index (χ2v) is 4.73. The van der Waals surface area contributed by atoms with Crippen molar-refractivity contribution in [3.8, 4) is 0 Å². The van der Waals surface area contributed by atoms with Crippen LogP contribution in [0.4, 0.5) is 14.5 Å². The number of hydrogen-bond donors (Lipinski definition) is 2. The van der Waals surface area contributed by atoms with Crippen LogP contribution in [-0.2, 0) is 0 Å². The number of nitrogens with zero attached hydrogens (tertiary/aromatic N) is 1. The highest BCUT2D eigenvalue weighted by Crippen LogP contribution is 2.22. The van der Waals surface area contributed by atoms with Gasteiger partial charge >= 0.3 is 0 Å². The summed E-state index contributed by atoms with van der Waals surface area (Å²) in [7, 11) is 0. The van der Waals surface area contributed by atoms with Crippen molar-refractivity contribution < 1.29 is 23.6 Å². The normalized spacial score (nSPS) is 12.0. The highest BCUT2D eigenvalue weighted by Gasteiger charge is 2.23. The molecule has 6 nitrogen and oxygen atoms in total. The topological polar surface area (TPSA) is 92.5 Å². The Labute approximate surface area is 119 Å². The van der Waals surface area contributed by atoms with E-state index < -0.39 is 33.7 Å². The number of carbonyl (C=O) groups is 1. The van der Waals surface area contributed by atoms with Crippen molar-refractivity contribution >= 4 is 11.6 Å². The first-order valence-corrected chi connectivity index (χ1v) is 6.39. The molecule has 1 aromatic rings. The van der Waals surface area contributed by atoms with Crippen molar-refractivity contribution in [3.63, 3.8) is 0 Å². The molecule has 1 aromatic carbocycles. The van der Waals surface area contributed by atoms with E-state index in [4.69, 9.17) is 5.11 Å². The smallest absolute Gasteiger partial charge is 0.285 e. The van der Waals surface area contributed by atoms with Crippen molar-refractivity contribution in [2.45, 2.75) is 19.8 Å². The van der Waals surface area contributed by atoms with E-state index in [2.05, 4.69) is 5.32 Å². The summed E-state index contributed by atoms with van der Waals surface area (Å²) >= 11 is 0. The van der Waals surface area contributed by atoms with Crippen molar-refractivity contribution in [2.24, 2.45) is 5.92 Å². The molecule has 21 heavy (non-hydrogen) atoms. The van der Waals surface area contributed by atoms with E-state index in [-0.39, 0.29) is 19.1 Å². The van der Waals surface area contributed by atoms with Crippen LogP contribution in [0.5, 0.6) is 0 Å². The number of halogens is 2. The third-order valence-electron chi connectivity index (χ3n) is 2.95. The van der Waals surface area contributed by atoms with E-state index >= 15 is 0 Å². The lowest BCUT2D eigenvalue weighted by atomic mass is 10.1. The first-order chi connectivity index (χ1) is 9.86. The summed E-state index contributed by atoms with van der Waals surface area (Å²) in [6, 6.07) is 0.900. The minimum absolute atomic E-state index is 0.0303. The predicted molar refractivity (Wildman–Crippen MR) is 70.8 cm³/mol. The molecule has 0 spiro atoms. The first kappa shape index (κ1) is 17.0. The zero-order valence-electron chi connectivity index (χ0n) is 11.4. The Morgan fingerprint density at radius 3 is 2.62 bits per heavy atom. The summed E-state index contributed by atoms with van der Waals surface area (Å²) in [5.74, 6) is -3.45. The summed E-state index contributed by atoms with van der Waals surface area (Å²) in [5, 5.41) is 22.0. The summed E-state index contributed by atoms with van der Waals surface area (Å²) in [6.45, 7) is 2.09. The highest BCUT2D eigenvalue weighted by atomic mass is 19.2. The maximum absolute atomic E-state index is 13.1. The molecule has 0 aromatic heterocycles. The number of aliphatic hydroxyl groups excluding tert-OH is 1. The third-order valence-corrected chi connectivity index (χ3v) is 2.95. The lowest BCUT2D eigenvalue weighted by Crippen LogP contribution is -2.26. The Bertz CT molecular complexity index is 537. The predicted octanol–water partition coefficient (Wildman–Crippen LogP) is 2.01. The van der Waals surface area contributed by atoms with Gasteiger partial charge in [0.05, 0.1) is 11.0 Å². The summed E-state index contributed by atoms with van der Waals surface area (Å²) in [6.07, 6.45) is 1.22. The fraction of sp³-hybridized carbons (Fsp3) is 0.462. The summed E-state index contributed by atoms with van der Waals surface area (Å²) in [5.41, 5.74) is -1.30. The molecule has 0 aliphatic heterocycles. The van der Waals surface area contributed by atoms with Crippen LogP contribution in [0, 0.1) is 27.7 Å². The Balaban J connectivity index is 2.73. The van der Waals surface area contributed by atoms with Crippen LogP contribution in [0.3, 0.4) is 0 Å². The van der Waals surface area contributed by atoms with Crippen molar-refractivity contribution in [1.29, 1.82) is 0 Å². The number of nitro benzene ring substituents is 1. The fourth-order valence-electron chi connectivity index (χ4n) is 1.71. The van der Waals surface area contributed by atoms with Gasteiger partial charge in [0.1, 0.15) is 5.56 Å². The van der Waals surface area contributed by atoms with Gasteiger partial charge in [0.15, 0.2) is 11.6 Å². The van der Waals surface area contributed by atoms with E-state index in [0.29, 0.717) is 25.0 Å². The van der Waals surface area contributed by atoms with E-state index in [1.54, 1.807) is 0 Å². The quantitative estimate of drug-likeness (QED) is 0.458. The largest absolute Gasteiger partial charge is 0.396 e. The van der Waals surface area contributed by atoms with Crippen molar-refractivity contribution in [3.05, 3.63) is 39.4 Å². The molecule has 0 aliphatic rings. The summed E-state index contributed by atoms with van der Waals surface area (Å²) in [4.78, 5) is 21.6. The number of rotatable bonds is 7. The number of amides is 1. The number of nitro groups is 1. The molecule has 1 rings (SSSR count). The van der Waals surface area contributed by atoms with Gasteiger partial charge in [0, 0.05) is 13.2 Å². The molecule has 1 amide bonds. The number of benzene rings is 1. The lowest BCUT2D eigenvalue weighted by molar-refractivity contribution is -0.385. The van der Waals surface area contributed by atoms with E-state index in [1.165, 1.54) is 0 Å². The van der Waals surface area contributed by atoms with Gasteiger partial charge in [-0.3, -0.25) is 14.9 Å². The lowest BCUT2D eigenvalue weighted by Gasteiger charge is -2.09. The van der Waals surface area contributed by atoms with Crippen LogP contribution in [0.1, 0.15) is 30.1 Å². The van der Waals surface area contributed by atoms with Gasteiger partial charge in [-0.15, -0.1) is 0 Å². The average Bonchev–Trinajstić information content (AvgIpc) is 2.45.